The number of rotatable bonds is 4. The molecule has 0 radical (unpaired) electrons. The van der Waals surface area contributed by atoms with E-state index in [9.17, 15) is 10.1 Å². The lowest BCUT2D eigenvalue weighted by Crippen LogP contribution is -2.42. The minimum atomic E-state index is -0.0238. The van der Waals surface area contributed by atoms with Crippen LogP contribution in [0.4, 0.5) is 0 Å². The molecule has 2 rings (SSSR count). The summed E-state index contributed by atoms with van der Waals surface area (Å²) in [6.07, 6.45) is 1.37. The molecule has 1 aliphatic rings. The number of nitrogens with one attached hydrogen (secondary N) is 2. The number of carbonyl (C=O) groups excluding carboxylic acids is 1. The molecule has 0 amide bonds. The summed E-state index contributed by atoms with van der Waals surface area (Å²) in [6, 6.07) is 2.09. The number of H-pyrrole nitrogens is 1. The number of aromatic amines is 1. The van der Waals surface area contributed by atoms with Gasteiger partial charge in [0, 0.05) is 25.8 Å². The monoisotopic (exact) mass is 339 g/mol. The lowest BCUT2D eigenvalue weighted by molar-refractivity contribution is 0.0300. The highest BCUT2D eigenvalue weighted by Crippen LogP contribution is 2.27. The normalized spacial score (nSPS) is 22.5. The van der Waals surface area contributed by atoms with Crippen molar-refractivity contribution in [3.8, 4) is 6.07 Å². The maximum Gasteiger partial charge on any atom is 0.180 e. The van der Waals surface area contributed by atoms with E-state index in [4.69, 9.17) is 4.74 Å². The zero-order chi connectivity index (χ0) is 14.7. The van der Waals surface area contributed by atoms with Crippen molar-refractivity contribution in [2.45, 2.75) is 25.9 Å². The number of methoxy groups -OCH3 is 1. The number of aryl methyl sites for hydroxylation is 1. The van der Waals surface area contributed by atoms with Crippen LogP contribution in [0.3, 0.4) is 0 Å². The van der Waals surface area contributed by atoms with Gasteiger partial charge in [-0.3, -0.25) is 4.79 Å². The van der Waals surface area contributed by atoms with Gasteiger partial charge in [0.05, 0.1) is 16.1 Å². The molecule has 0 bridgehead atoms. The number of piperidine rings is 1. The van der Waals surface area contributed by atoms with E-state index in [2.05, 4.69) is 32.3 Å². The molecule has 1 aromatic heterocycles. The van der Waals surface area contributed by atoms with Crippen LogP contribution in [0.2, 0.25) is 0 Å². The van der Waals surface area contributed by atoms with Gasteiger partial charge in [-0.2, -0.15) is 5.26 Å². The maximum atomic E-state index is 12.4. The van der Waals surface area contributed by atoms with E-state index in [-0.39, 0.29) is 17.8 Å². The van der Waals surface area contributed by atoms with Crippen molar-refractivity contribution in [2.24, 2.45) is 5.92 Å². The first-order valence-corrected chi connectivity index (χ1v) is 7.42. The number of hydrogen-bond donors (Lipinski definition) is 2. The first-order chi connectivity index (χ1) is 9.58. The van der Waals surface area contributed by atoms with Crippen LogP contribution >= 0.6 is 15.9 Å². The van der Waals surface area contributed by atoms with Crippen molar-refractivity contribution < 1.29 is 9.53 Å². The number of Topliss-reactive ketones (excluding diaryl/α,β-unsaturated/α-hetero) is 1. The molecule has 2 atom stereocenters. The molecular formula is C14H18BrN3O2. The lowest BCUT2D eigenvalue weighted by atomic mass is 9.89. The molecule has 1 aliphatic heterocycles. The summed E-state index contributed by atoms with van der Waals surface area (Å²) in [6.45, 7) is 3.51. The van der Waals surface area contributed by atoms with Gasteiger partial charge in [0.1, 0.15) is 11.8 Å². The van der Waals surface area contributed by atoms with Crippen molar-refractivity contribution in [1.29, 1.82) is 5.26 Å². The predicted octanol–water partition coefficient (Wildman–Crippen LogP) is 2.15. The van der Waals surface area contributed by atoms with Gasteiger partial charge in [0.15, 0.2) is 5.78 Å². The second kappa shape index (κ2) is 6.53. The Kier molecular flexibility index (Phi) is 4.97. The summed E-state index contributed by atoms with van der Waals surface area (Å²) in [5.41, 5.74) is 1.61. The van der Waals surface area contributed by atoms with Crippen molar-refractivity contribution >= 4 is 21.7 Å². The van der Waals surface area contributed by atoms with E-state index in [1.807, 2.05) is 6.92 Å². The SMILES string of the molecule is CO[C@H]1CNCC[C@H]1CC(=O)c1[nH]c(C)c(Br)c1C#N. The fourth-order valence-corrected chi connectivity index (χ4v) is 3.04. The molecule has 2 N–H and O–H groups in total. The Labute approximate surface area is 126 Å². The van der Waals surface area contributed by atoms with E-state index in [0.29, 0.717) is 22.2 Å². The van der Waals surface area contributed by atoms with Gasteiger partial charge < -0.3 is 15.0 Å². The van der Waals surface area contributed by atoms with Crippen LogP contribution in [0.1, 0.15) is 34.6 Å². The quantitative estimate of drug-likeness (QED) is 0.824. The third-order valence-electron chi connectivity index (χ3n) is 3.82. The number of ether oxygens (including phenoxy) is 1. The fourth-order valence-electron chi connectivity index (χ4n) is 2.65. The second-order valence-corrected chi connectivity index (χ2v) is 5.87. The van der Waals surface area contributed by atoms with Gasteiger partial charge in [-0.05, 0) is 41.7 Å². The third kappa shape index (κ3) is 2.95. The second-order valence-electron chi connectivity index (χ2n) is 5.08. The standard InChI is InChI=1S/C14H18BrN3O2/c1-8-13(15)10(6-16)14(18-8)11(19)5-9-3-4-17-7-12(9)20-2/h9,12,17-18H,3-5,7H2,1-2H3/t9-,12-/m0/s1. The van der Waals surface area contributed by atoms with Crippen molar-refractivity contribution in [3.63, 3.8) is 0 Å². The topological polar surface area (TPSA) is 77.9 Å². The first-order valence-electron chi connectivity index (χ1n) is 6.63. The van der Waals surface area contributed by atoms with Crippen LogP contribution in [0.5, 0.6) is 0 Å². The molecule has 0 aliphatic carbocycles. The van der Waals surface area contributed by atoms with Gasteiger partial charge in [-0.25, -0.2) is 0 Å². The van der Waals surface area contributed by atoms with Crippen LogP contribution in [0, 0.1) is 24.2 Å². The maximum absolute atomic E-state index is 12.4. The number of nitrogens with zero attached hydrogens (tertiary/aromatic N) is 1. The molecule has 20 heavy (non-hydrogen) atoms. The molecule has 0 aromatic carbocycles. The average molecular weight is 340 g/mol. The number of halogens is 1. The van der Waals surface area contributed by atoms with Crippen LogP contribution in [0.15, 0.2) is 4.47 Å². The molecule has 1 aromatic rings. The predicted molar refractivity (Wildman–Crippen MR) is 78.7 cm³/mol. The molecule has 2 heterocycles. The summed E-state index contributed by atoms with van der Waals surface area (Å²) < 4.78 is 6.10. The Morgan fingerprint density at radius 3 is 3.00 bits per heavy atom. The Morgan fingerprint density at radius 1 is 1.60 bits per heavy atom. The van der Waals surface area contributed by atoms with E-state index >= 15 is 0 Å². The molecule has 0 unspecified atom stereocenters. The van der Waals surface area contributed by atoms with Crippen molar-refractivity contribution in [2.75, 3.05) is 20.2 Å². The van der Waals surface area contributed by atoms with Crippen LogP contribution in [-0.2, 0) is 4.74 Å². The Balaban J connectivity index is 2.16. The number of nitriles is 1. The number of hydrogen-bond acceptors (Lipinski definition) is 4. The average Bonchev–Trinajstić information content (AvgIpc) is 2.75. The first kappa shape index (κ1) is 15.2. The molecule has 108 valence electrons. The van der Waals surface area contributed by atoms with Gasteiger partial charge in [-0.1, -0.05) is 0 Å². The van der Waals surface area contributed by atoms with Gasteiger partial charge in [0.2, 0.25) is 0 Å². The van der Waals surface area contributed by atoms with E-state index in [1.165, 1.54) is 0 Å². The Morgan fingerprint density at radius 2 is 2.35 bits per heavy atom. The van der Waals surface area contributed by atoms with Gasteiger partial charge in [0.25, 0.3) is 0 Å². The lowest BCUT2D eigenvalue weighted by Gasteiger charge is -2.30. The van der Waals surface area contributed by atoms with Crippen LogP contribution in [0.25, 0.3) is 0 Å². The summed E-state index contributed by atoms with van der Waals surface area (Å²) in [7, 11) is 1.67. The van der Waals surface area contributed by atoms with Crippen molar-refractivity contribution in [3.05, 3.63) is 21.4 Å². The smallest absolute Gasteiger partial charge is 0.180 e. The van der Waals surface area contributed by atoms with Crippen molar-refractivity contribution in [1.82, 2.24) is 10.3 Å². The minimum absolute atomic E-state index is 0.0238. The molecule has 5 nitrogen and oxygen atoms in total. The molecular weight excluding hydrogens is 322 g/mol. The summed E-state index contributed by atoms with van der Waals surface area (Å²) >= 11 is 3.34. The number of aromatic nitrogens is 1. The highest BCUT2D eigenvalue weighted by Gasteiger charge is 2.29. The summed E-state index contributed by atoms with van der Waals surface area (Å²) in [5, 5.41) is 12.4. The van der Waals surface area contributed by atoms with Gasteiger partial charge in [-0.15, -0.1) is 0 Å². The summed E-state index contributed by atoms with van der Waals surface area (Å²) in [4.78, 5) is 15.5. The Bertz CT molecular complexity index is 547. The number of carbonyl (C=O) groups is 1. The minimum Gasteiger partial charge on any atom is -0.380 e. The van der Waals surface area contributed by atoms with Crippen LogP contribution < -0.4 is 5.32 Å². The zero-order valence-electron chi connectivity index (χ0n) is 11.6. The number of ketones is 1. The molecule has 6 heteroatoms. The highest BCUT2D eigenvalue weighted by atomic mass is 79.9. The molecule has 1 fully saturated rings. The largest absolute Gasteiger partial charge is 0.380 e. The molecule has 0 saturated carbocycles. The van der Waals surface area contributed by atoms with E-state index < -0.39 is 0 Å². The zero-order valence-corrected chi connectivity index (χ0v) is 13.2. The fraction of sp³-hybridized carbons (Fsp3) is 0.571. The third-order valence-corrected chi connectivity index (χ3v) is 4.81. The summed E-state index contributed by atoms with van der Waals surface area (Å²) in [5.74, 6) is 0.173. The van der Waals surface area contributed by atoms with E-state index in [0.717, 1.165) is 25.2 Å². The Hall–Kier alpha value is -1.16. The molecule has 0 spiro atoms. The molecule has 1 saturated heterocycles. The highest BCUT2D eigenvalue weighted by molar-refractivity contribution is 9.10. The van der Waals surface area contributed by atoms with E-state index in [1.54, 1.807) is 7.11 Å². The van der Waals surface area contributed by atoms with Crippen LogP contribution in [-0.4, -0.2) is 37.1 Å². The van der Waals surface area contributed by atoms with Gasteiger partial charge >= 0.3 is 0 Å².